The van der Waals surface area contributed by atoms with Crippen molar-refractivity contribution in [3.8, 4) is 17.3 Å². The molecule has 0 aliphatic carbocycles. The van der Waals surface area contributed by atoms with E-state index >= 15 is 0 Å². The van der Waals surface area contributed by atoms with E-state index in [1.807, 2.05) is 7.05 Å². The highest BCUT2D eigenvalue weighted by atomic mass is 19.4. The molecule has 1 aromatic carbocycles. The SMILES string of the molecule is CN1CCC(Oc2cc(NC(=O)c3ccc(-c4ncc[nH]4)nc3)cc(C(F)(F)F)c2)CC1. The molecule has 168 valence electrons. The molecule has 3 aromatic rings. The topological polar surface area (TPSA) is 83.1 Å². The highest BCUT2D eigenvalue weighted by molar-refractivity contribution is 6.04. The Hall–Kier alpha value is -3.40. The first kappa shape index (κ1) is 21.8. The minimum Gasteiger partial charge on any atom is -0.490 e. The number of nitrogens with one attached hydrogen (secondary N) is 2. The van der Waals surface area contributed by atoms with Gasteiger partial charge < -0.3 is 19.9 Å². The smallest absolute Gasteiger partial charge is 0.416 e. The van der Waals surface area contributed by atoms with Crippen LogP contribution in [0.4, 0.5) is 18.9 Å². The van der Waals surface area contributed by atoms with E-state index in [1.165, 1.54) is 18.3 Å². The Bertz CT molecular complexity index is 1060. The standard InChI is InChI=1S/C22H22F3N5O2/c1-30-8-4-17(5-9-30)32-18-11-15(22(23,24)25)10-16(12-18)29-21(31)14-2-3-19(28-13-14)20-26-6-7-27-20/h2-3,6-7,10-13,17H,4-5,8-9H2,1H3,(H,26,27)(H,29,31). The average Bonchev–Trinajstić information content (AvgIpc) is 3.30. The number of carbonyl (C=O) groups excluding carboxylic acids is 1. The fourth-order valence-corrected chi connectivity index (χ4v) is 3.47. The second-order valence-corrected chi connectivity index (χ2v) is 7.69. The zero-order valence-corrected chi connectivity index (χ0v) is 17.3. The molecule has 0 radical (unpaired) electrons. The van der Waals surface area contributed by atoms with Crippen molar-refractivity contribution < 1.29 is 22.7 Å². The van der Waals surface area contributed by atoms with Crippen LogP contribution in [-0.2, 0) is 6.18 Å². The molecule has 0 bridgehead atoms. The van der Waals surface area contributed by atoms with Crippen LogP contribution in [0.2, 0.25) is 0 Å². The zero-order valence-electron chi connectivity index (χ0n) is 17.3. The lowest BCUT2D eigenvalue weighted by molar-refractivity contribution is -0.137. The number of ether oxygens (including phenoxy) is 1. The number of aromatic amines is 1. The summed E-state index contributed by atoms with van der Waals surface area (Å²) >= 11 is 0. The van der Waals surface area contributed by atoms with Gasteiger partial charge in [0.25, 0.3) is 5.91 Å². The summed E-state index contributed by atoms with van der Waals surface area (Å²) in [5.74, 6) is 0.0505. The third kappa shape index (κ3) is 5.25. The van der Waals surface area contributed by atoms with Gasteiger partial charge in [-0.1, -0.05) is 0 Å². The molecule has 4 rings (SSSR count). The number of H-pyrrole nitrogens is 1. The van der Waals surface area contributed by atoms with Gasteiger partial charge in [0.1, 0.15) is 17.5 Å². The summed E-state index contributed by atoms with van der Waals surface area (Å²) in [7, 11) is 1.99. The number of imidazole rings is 1. The Morgan fingerprint density at radius 3 is 2.59 bits per heavy atom. The molecule has 1 aliphatic heterocycles. The molecule has 1 amide bonds. The lowest BCUT2D eigenvalue weighted by Gasteiger charge is -2.29. The van der Waals surface area contributed by atoms with Crippen molar-refractivity contribution in [2.45, 2.75) is 25.1 Å². The summed E-state index contributed by atoms with van der Waals surface area (Å²) in [6, 6.07) is 6.41. The van der Waals surface area contributed by atoms with Crippen LogP contribution in [0.5, 0.6) is 5.75 Å². The molecule has 0 unspecified atom stereocenters. The molecule has 32 heavy (non-hydrogen) atoms. The van der Waals surface area contributed by atoms with E-state index in [0.717, 1.165) is 38.1 Å². The van der Waals surface area contributed by atoms with E-state index in [0.29, 0.717) is 11.5 Å². The number of nitrogens with zero attached hydrogens (tertiary/aromatic N) is 3. The van der Waals surface area contributed by atoms with E-state index in [2.05, 4.69) is 25.2 Å². The van der Waals surface area contributed by atoms with Gasteiger partial charge in [0, 0.05) is 43.4 Å². The van der Waals surface area contributed by atoms with E-state index in [-0.39, 0.29) is 23.1 Å². The molecule has 10 heteroatoms. The number of piperidine rings is 1. The van der Waals surface area contributed by atoms with E-state index in [1.54, 1.807) is 18.5 Å². The Kier molecular flexibility index (Phi) is 6.13. The minimum absolute atomic E-state index is 0.00265. The van der Waals surface area contributed by atoms with Gasteiger partial charge in [-0.3, -0.25) is 9.78 Å². The van der Waals surface area contributed by atoms with Gasteiger partial charge in [-0.2, -0.15) is 13.2 Å². The zero-order chi connectivity index (χ0) is 22.7. The van der Waals surface area contributed by atoms with Gasteiger partial charge in [-0.25, -0.2) is 4.98 Å². The van der Waals surface area contributed by atoms with Gasteiger partial charge in [-0.15, -0.1) is 0 Å². The second kappa shape index (κ2) is 8.99. The number of aromatic nitrogens is 3. The van der Waals surface area contributed by atoms with Crippen molar-refractivity contribution in [3.63, 3.8) is 0 Å². The number of alkyl halides is 3. The third-order valence-corrected chi connectivity index (χ3v) is 5.23. The number of hydrogen-bond donors (Lipinski definition) is 2. The number of benzene rings is 1. The van der Waals surface area contributed by atoms with Crippen molar-refractivity contribution in [2.75, 3.05) is 25.5 Å². The molecule has 1 aliphatic rings. The predicted octanol–water partition coefficient (Wildman–Crippen LogP) is 4.22. The van der Waals surface area contributed by atoms with Crippen molar-refractivity contribution in [1.29, 1.82) is 0 Å². The maximum Gasteiger partial charge on any atom is 0.416 e. The van der Waals surface area contributed by atoms with Gasteiger partial charge in [0.2, 0.25) is 0 Å². The normalized spacial score (nSPS) is 15.5. The first-order chi connectivity index (χ1) is 15.3. The second-order valence-electron chi connectivity index (χ2n) is 7.69. The number of amides is 1. The number of carbonyl (C=O) groups is 1. The molecule has 2 aromatic heterocycles. The van der Waals surface area contributed by atoms with Crippen molar-refractivity contribution >= 4 is 11.6 Å². The van der Waals surface area contributed by atoms with Crippen LogP contribution in [0.3, 0.4) is 0 Å². The molecular weight excluding hydrogens is 423 g/mol. The summed E-state index contributed by atoms with van der Waals surface area (Å²) in [6.07, 6.45) is 1.28. The molecule has 0 saturated carbocycles. The molecule has 7 nitrogen and oxygen atoms in total. The van der Waals surface area contributed by atoms with Crippen LogP contribution in [-0.4, -0.2) is 52.0 Å². The summed E-state index contributed by atoms with van der Waals surface area (Å²) in [4.78, 5) is 25.9. The highest BCUT2D eigenvalue weighted by Gasteiger charge is 2.32. The Labute approximate surface area is 182 Å². The van der Waals surface area contributed by atoms with Gasteiger partial charge in [-0.05, 0) is 44.2 Å². The van der Waals surface area contributed by atoms with Gasteiger partial charge >= 0.3 is 6.18 Å². The maximum absolute atomic E-state index is 13.4. The minimum atomic E-state index is -4.57. The molecule has 0 atom stereocenters. The number of rotatable bonds is 5. The highest BCUT2D eigenvalue weighted by Crippen LogP contribution is 2.35. The van der Waals surface area contributed by atoms with Crippen molar-refractivity contribution in [3.05, 3.63) is 60.0 Å². The molecule has 1 fully saturated rings. The average molecular weight is 445 g/mol. The van der Waals surface area contributed by atoms with Gasteiger partial charge in [0.15, 0.2) is 5.82 Å². The van der Waals surface area contributed by atoms with E-state index in [9.17, 15) is 18.0 Å². The fraction of sp³-hybridized carbons (Fsp3) is 0.318. The lowest BCUT2D eigenvalue weighted by atomic mass is 10.1. The number of hydrogen-bond acceptors (Lipinski definition) is 5. The summed E-state index contributed by atoms with van der Waals surface area (Å²) in [5.41, 5.74) is -0.137. The summed E-state index contributed by atoms with van der Waals surface area (Å²) in [6.45, 7) is 1.63. The first-order valence-electron chi connectivity index (χ1n) is 10.1. The number of pyridine rings is 1. The summed E-state index contributed by atoms with van der Waals surface area (Å²) in [5, 5.41) is 2.52. The van der Waals surface area contributed by atoms with Crippen LogP contribution in [0.25, 0.3) is 11.5 Å². The molecule has 3 heterocycles. The molecular formula is C22H22F3N5O2. The van der Waals surface area contributed by atoms with Crippen LogP contribution in [0, 0.1) is 0 Å². The molecule has 0 spiro atoms. The molecule has 1 saturated heterocycles. The lowest BCUT2D eigenvalue weighted by Crippen LogP contribution is -2.35. The van der Waals surface area contributed by atoms with Crippen LogP contribution >= 0.6 is 0 Å². The van der Waals surface area contributed by atoms with E-state index in [4.69, 9.17) is 4.74 Å². The number of halogens is 3. The fourth-order valence-electron chi connectivity index (χ4n) is 3.47. The van der Waals surface area contributed by atoms with Crippen molar-refractivity contribution in [1.82, 2.24) is 19.9 Å². The first-order valence-corrected chi connectivity index (χ1v) is 10.1. The van der Waals surface area contributed by atoms with Crippen LogP contribution in [0.1, 0.15) is 28.8 Å². The molecule has 2 N–H and O–H groups in total. The van der Waals surface area contributed by atoms with Crippen LogP contribution in [0.15, 0.2) is 48.9 Å². The number of anilines is 1. The van der Waals surface area contributed by atoms with Gasteiger partial charge in [0.05, 0.1) is 11.1 Å². The third-order valence-electron chi connectivity index (χ3n) is 5.23. The number of likely N-dealkylation sites (tertiary alicyclic amines) is 1. The Morgan fingerprint density at radius 2 is 1.97 bits per heavy atom. The summed E-state index contributed by atoms with van der Waals surface area (Å²) < 4.78 is 46.1. The Balaban J connectivity index is 1.52. The quantitative estimate of drug-likeness (QED) is 0.615. The van der Waals surface area contributed by atoms with Crippen LogP contribution < -0.4 is 10.1 Å². The maximum atomic E-state index is 13.4. The predicted molar refractivity (Wildman–Crippen MR) is 112 cm³/mol. The monoisotopic (exact) mass is 445 g/mol. The Morgan fingerprint density at radius 1 is 1.19 bits per heavy atom. The largest absolute Gasteiger partial charge is 0.490 e. The van der Waals surface area contributed by atoms with Crippen molar-refractivity contribution in [2.24, 2.45) is 0 Å². The van der Waals surface area contributed by atoms with E-state index < -0.39 is 17.6 Å².